The van der Waals surface area contributed by atoms with E-state index in [1.165, 1.54) is 0 Å². The minimum atomic E-state index is -1.30. The van der Waals surface area contributed by atoms with E-state index in [2.05, 4.69) is 10.6 Å². The van der Waals surface area contributed by atoms with Crippen LogP contribution in [0.3, 0.4) is 0 Å². The predicted molar refractivity (Wildman–Crippen MR) is 108 cm³/mol. The molecule has 0 fully saturated rings. The van der Waals surface area contributed by atoms with E-state index < -0.39 is 41.8 Å². The van der Waals surface area contributed by atoms with Crippen LogP contribution in [-0.4, -0.2) is 46.9 Å². The smallest absolute Gasteiger partial charge is 0.326 e. The molecule has 160 valence electrons. The number of primary amides is 1. The number of carbonyl (C=O) groups excluding carboxylic acids is 3. The molecular weight excluding hydrogens is 376 g/mol. The lowest BCUT2D eigenvalue weighted by atomic mass is 10.0. The van der Waals surface area contributed by atoms with Gasteiger partial charge in [0.05, 0.1) is 6.04 Å². The number of hydrogen-bond acceptors (Lipinski definition) is 5. The summed E-state index contributed by atoms with van der Waals surface area (Å²) in [6, 6.07) is 5.90. The van der Waals surface area contributed by atoms with Crippen LogP contribution in [-0.2, 0) is 25.6 Å². The summed E-state index contributed by atoms with van der Waals surface area (Å²) in [5.74, 6) is -2.92. The number of nitrogens with two attached hydrogens (primary N) is 2. The van der Waals surface area contributed by atoms with Crippen LogP contribution in [0.15, 0.2) is 30.3 Å². The van der Waals surface area contributed by atoms with Gasteiger partial charge in [-0.15, -0.1) is 0 Å². The summed E-state index contributed by atoms with van der Waals surface area (Å²) in [6.07, 6.45) is 0.276. The Bertz CT molecular complexity index is 708. The Hall–Kier alpha value is -2.94. The lowest BCUT2D eigenvalue weighted by Gasteiger charge is -2.23. The Kier molecular flexibility index (Phi) is 9.81. The molecule has 1 aromatic rings. The Morgan fingerprint density at radius 2 is 1.59 bits per heavy atom. The largest absolute Gasteiger partial charge is 0.480 e. The molecule has 0 spiro atoms. The number of carbonyl (C=O) groups is 4. The fourth-order valence-electron chi connectivity index (χ4n) is 2.77. The average molecular weight is 406 g/mol. The summed E-state index contributed by atoms with van der Waals surface area (Å²) in [5, 5.41) is 14.3. The van der Waals surface area contributed by atoms with Crippen LogP contribution in [0.4, 0.5) is 0 Å². The molecule has 0 aliphatic carbocycles. The lowest BCUT2D eigenvalue weighted by molar-refractivity contribution is -0.142. The van der Waals surface area contributed by atoms with Gasteiger partial charge in [0, 0.05) is 12.8 Å². The Morgan fingerprint density at radius 1 is 1.00 bits per heavy atom. The first-order valence-corrected chi connectivity index (χ1v) is 9.51. The molecule has 0 aliphatic heterocycles. The summed E-state index contributed by atoms with van der Waals surface area (Å²) < 4.78 is 0. The molecule has 0 unspecified atom stereocenters. The van der Waals surface area contributed by atoms with Crippen molar-refractivity contribution in [3.8, 4) is 0 Å². The van der Waals surface area contributed by atoms with Crippen molar-refractivity contribution >= 4 is 23.7 Å². The third-order valence-electron chi connectivity index (χ3n) is 4.27. The maximum atomic E-state index is 12.7. The van der Waals surface area contributed by atoms with E-state index in [9.17, 15) is 24.3 Å². The molecule has 0 bridgehead atoms. The zero-order valence-electron chi connectivity index (χ0n) is 16.8. The Labute approximate surface area is 170 Å². The number of nitrogens with one attached hydrogen (secondary N) is 2. The maximum Gasteiger partial charge on any atom is 0.326 e. The number of aliphatic carboxylic acids is 1. The standard InChI is InChI=1S/C20H30N4O5/c1-12(2)10-14(21)18(26)24-16(11-13-6-4-3-5-7-13)19(27)23-15(20(28)29)8-9-17(22)25/h3-7,12,14-16H,8-11,21H2,1-2H3,(H2,22,25)(H,23,27)(H,24,26)(H,28,29)/t14-,15-,16-/m0/s1. The molecule has 7 N–H and O–H groups in total. The van der Waals surface area contributed by atoms with E-state index in [1.54, 1.807) is 24.3 Å². The van der Waals surface area contributed by atoms with Crippen molar-refractivity contribution in [2.45, 2.75) is 57.7 Å². The van der Waals surface area contributed by atoms with Gasteiger partial charge >= 0.3 is 5.97 Å². The van der Waals surface area contributed by atoms with Crippen molar-refractivity contribution in [2.75, 3.05) is 0 Å². The Morgan fingerprint density at radius 3 is 2.10 bits per heavy atom. The summed E-state index contributed by atoms with van der Waals surface area (Å²) in [7, 11) is 0. The Balaban J connectivity index is 2.92. The van der Waals surface area contributed by atoms with Crippen LogP contribution < -0.4 is 22.1 Å². The summed E-state index contributed by atoms with van der Waals surface area (Å²) in [6.45, 7) is 3.86. The van der Waals surface area contributed by atoms with Crippen molar-refractivity contribution in [1.82, 2.24) is 10.6 Å². The van der Waals surface area contributed by atoms with Crippen molar-refractivity contribution < 1.29 is 24.3 Å². The molecule has 0 aliphatic rings. The highest BCUT2D eigenvalue weighted by molar-refractivity contribution is 5.92. The first-order chi connectivity index (χ1) is 13.6. The molecule has 0 aromatic heterocycles. The van der Waals surface area contributed by atoms with Crippen LogP contribution in [0.1, 0.15) is 38.7 Å². The van der Waals surface area contributed by atoms with Gasteiger partial charge in [0.2, 0.25) is 17.7 Å². The van der Waals surface area contributed by atoms with Gasteiger partial charge in [0.15, 0.2) is 0 Å². The molecule has 9 heteroatoms. The molecule has 0 saturated carbocycles. The first-order valence-electron chi connectivity index (χ1n) is 9.51. The molecule has 29 heavy (non-hydrogen) atoms. The quantitative estimate of drug-likeness (QED) is 0.326. The third kappa shape index (κ3) is 9.20. The second-order valence-electron chi connectivity index (χ2n) is 7.39. The minimum absolute atomic E-state index is 0.144. The maximum absolute atomic E-state index is 12.7. The number of amides is 3. The van der Waals surface area contributed by atoms with Crippen molar-refractivity contribution in [2.24, 2.45) is 17.4 Å². The summed E-state index contributed by atoms with van der Waals surface area (Å²) >= 11 is 0. The van der Waals surface area contributed by atoms with Gasteiger partial charge in [-0.3, -0.25) is 14.4 Å². The summed E-state index contributed by atoms with van der Waals surface area (Å²) in [4.78, 5) is 47.5. The van der Waals surface area contributed by atoms with Gasteiger partial charge in [-0.2, -0.15) is 0 Å². The normalized spacial score (nSPS) is 13.9. The van der Waals surface area contributed by atoms with E-state index >= 15 is 0 Å². The van der Waals surface area contributed by atoms with Crippen molar-refractivity contribution in [1.29, 1.82) is 0 Å². The fourth-order valence-corrected chi connectivity index (χ4v) is 2.77. The molecule has 1 rings (SSSR count). The zero-order chi connectivity index (χ0) is 22.0. The highest BCUT2D eigenvalue weighted by Crippen LogP contribution is 2.07. The van der Waals surface area contributed by atoms with Crippen LogP contribution in [0.25, 0.3) is 0 Å². The number of benzene rings is 1. The average Bonchev–Trinajstić information content (AvgIpc) is 2.64. The van der Waals surface area contributed by atoms with Crippen LogP contribution >= 0.6 is 0 Å². The van der Waals surface area contributed by atoms with Gasteiger partial charge in [-0.1, -0.05) is 44.2 Å². The molecular formula is C20H30N4O5. The third-order valence-corrected chi connectivity index (χ3v) is 4.27. The number of rotatable bonds is 12. The predicted octanol–water partition coefficient (Wildman–Crippen LogP) is -0.0778. The first kappa shape index (κ1) is 24.1. The highest BCUT2D eigenvalue weighted by atomic mass is 16.4. The fraction of sp³-hybridized carbons (Fsp3) is 0.500. The van der Waals surface area contributed by atoms with Gasteiger partial charge in [0.1, 0.15) is 12.1 Å². The monoisotopic (exact) mass is 406 g/mol. The number of carboxylic acid groups (broad SMARTS) is 1. The SMILES string of the molecule is CC(C)C[C@H](N)C(=O)N[C@@H](Cc1ccccc1)C(=O)N[C@@H](CCC(N)=O)C(=O)O. The lowest BCUT2D eigenvalue weighted by Crippen LogP contribution is -2.55. The number of hydrogen-bond donors (Lipinski definition) is 5. The number of carboxylic acids is 1. The van der Waals surface area contributed by atoms with E-state index in [1.807, 2.05) is 19.9 Å². The van der Waals surface area contributed by atoms with E-state index in [-0.39, 0.29) is 25.2 Å². The second kappa shape index (κ2) is 11.8. The minimum Gasteiger partial charge on any atom is -0.480 e. The van der Waals surface area contributed by atoms with Crippen LogP contribution in [0.2, 0.25) is 0 Å². The zero-order valence-corrected chi connectivity index (χ0v) is 16.8. The molecule has 0 radical (unpaired) electrons. The van der Waals surface area contributed by atoms with Crippen molar-refractivity contribution in [3.05, 3.63) is 35.9 Å². The highest BCUT2D eigenvalue weighted by Gasteiger charge is 2.28. The molecule has 9 nitrogen and oxygen atoms in total. The van der Waals surface area contributed by atoms with Gasteiger partial charge < -0.3 is 27.2 Å². The topological polar surface area (TPSA) is 165 Å². The van der Waals surface area contributed by atoms with E-state index in [0.717, 1.165) is 5.56 Å². The van der Waals surface area contributed by atoms with Gasteiger partial charge in [0.25, 0.3) is 0 Å². The molecule has 3 amide bonds. The summed E-state index contributed by atoms with van der Waals surface area (Å²) in [5.41, 5.74) is 11.7. The van der Waals surface area contributed by atoms with Gasteiger partial charge in [-0.05, 0) is 24.3 Å². The molecule has 1 aromatic carbocycles. The van der Waals surface area contributed by atoms with Gasteiger partial charge in [-0.25, -0.2) is 4.79 Å². The molecule has 0 heterocycles. The van der Waals surface area contributed by atoms with Crippen LogP contribution in [0.5, 0.6) is 0 Å². The molecule has 3 atom stereocenters. The van der Waals surface area contributed by atoms with Crippen LogP contribution in [0, 0.1) is 5.92 Å². The van der Waals surface area contributed by atoms with E-state index in [4.69, 9.17) is 11.5 Å². The molecule has 0 saturated heterocycles. The second-order valence-corrected chi connectivity index (χ2v) is 7.39. The van der Waals surface area contributed by atoms with Crippen molar-refractivity contribution in [3.63, 3.8) is 0 Å². The van der Waals surface area contributed by atoms with E-state index in [0.29, 0.717) is 6.42 Å².